The number of methoxy groups -OCH3 is 1. The highest BCUT2D eigenvalue weighted by atomic mass is 19.1. The summed E-state index contributed by atoms with van der Waals surface area (Å²) >= 11 is 0. The van der Waals surface area contributed by atoms with Crippen molar-refractivity contribution in [2.24, 2.45) is 0 Å². The van der Waals surface area contributed by atoms with Crippen LogP contribution >= 0.6 is 0 Å². The summed E-state index contributed by atoms with van der Waals surface area (Å²) in [6, 6.07) is 6.56. The van der Waals surface area contributed by atoms with E-state index in [0.717, 1.165) is 26.2 Å². The first-order valence-corrected chi connectivity index (χ1v) is 8.12. The van der Waals surface area contributed by atoms with E-state index in [1.54, 1.807) is 17.9 Å². The van der Waals surface area contributed by atoms with Gasteiger partial charge >= 0.3 is 0 Å². The minimum absolute atomic E-state index is 0.234. The Morgan fingerprint density at radius 3 is 2.67 bits per heavy atom. The molecule has 1 aromatic heterocycles. The van der Waals surface area contributed by atoms with Gasteiger partial charge in [0.25, 0.3) is 0 Å². The molecule has 1 saturated heterocycles. The van der Waals surface area contributed by atoms with Gasteiger partial charge in [0.05, 0.1) is 13.2 Å². The van der Waals surface area contributed by atoms with E-state index in [2.05, 4.69) is 32.4 Å². The maximum atomic E-state index is 14.5. The molecule has 0 radical (unpaired) electrons. The molecule has 1 aromatic carbocycles. The van der Waals surface area contributed by atoms with Gasteiger partial charge in [-0.15, -0.1) is 5.10 Å². The van der Waals surface area contributed by atoms with Gasteiger partial charge in [-0.05, 0) is 23.5 Å². The third-order valence-electron chi connectivity index (χ3n) is 4.41. The Balaban J connectivity index is 1.96. The number of rotatable bonds is 6. The fraction of sp³-hybridized carbons (Fsp3) is 0.562. The fourth-order valence-electron chi connectivity index (χ4n) is 3.02. The summed E-state index contributed by atoms with van der Waals surface area (Å²) in [5, 5.41) is 12.1. The molecule has 24 heavy (non-hydrogen) atoms. The average Bonchev–Trinajstić information content (AvgIpc) is 3.05. The largest absolute Gasteiger partial charge is 0.383 e. The molecular formula is C16H23FN6O. The molecule has 1 aliphatic rings. The van der Waals surface area contributed by atoms with Gasteiger partial charge in [0.15, 0.2) is 5.82 Å². The highest BCUT2D eigenvalue weighted by Crippen LogP contribution is 2.29. The number of likely N-dealkylation sites (N-methyl/N-ethyl adjacent to an activating group) is 1. The Bertz CT molecular complexity index is 656. The highest BCUT2D eigenvalue weighted by molar-refractivity contribution is 5.26. The van der Waals surface area contributed by atoms with Gasteiger partial charge in [-0.25, -0.2) is 9.07 Å². The number of hydrogen-bond acceptors (Lipinski definition) is 6. The summed E-state index contributed by atoms with van der Waals surface area (Å²) in [5.74, 6) is 0.421. The Labute approximate surface area is 141 Å². The molecule has 1 fully saturated rings. The van der Waals surface area contributed by atoms with E-state index in [9.17, 15) is 4.39 Å². The first kappa shape index (κ1) is 16.9. The van der Waals surface area contributed by atoms with Crippen molar-refractivity contribution in [1.82, 2.24) is 30.0 Å². The van der Waals surface area contributed by atoms with Crippen molar-refractivity contribution in [1.29, 1.82) is 0 Å². The Morgan fingerprint density at radius 1 is 1.21 bits per heavy atom. The van der Waals surface area contributed by atoms with Gasteiger partial charge in [0.1, 0.15) is 11.9 Å². The Kier molecular flexibility index (Phi) is 5.49. The molecule has 1 atom stereocenters. The second kappa shape index (κ2) is 7.78. The van der Waals surface area contributed by atoms with E-state index in [1.165, 1.54) is 6.07 Å². The molecule has 0 N–H and O–H groups in total. The molecule has 1 aliphatic heterocycles. The van der Waals surface area contributed by atoms with Crippen LogP contribution in [-0.2, 0) is 11.3 Å². The second-order valence-corrected chi connectivity index (χ2v) is 6.02. The van der Waals surface area contributed by atoms with Crippen molar-refractivity contribution in [3.8, 4) is 0 Å². The minimum Gasteiger partial charge on any atom is -0.383 e. The smallest absolute Gasteiger partial charge is 0.173 e. The topological polar surface area (TPSA) is 59.3 Å². The number of hydrogen-bond donors (Lipinski definition) is 0. The zero-order valence-corrected chi connectivity index (χ0v) is 14.1. The number of tetrazole rings is 1. The van der Waals surface area contributed by atoms with Crippen molar-refractivity contribution < 1.29 is 9.13 Å². The van der Waals surface area contributed by atoms with Crippen LogP contribution in [0.5, 0.6) is 0 Å². The van der Waals surface area contributed by atoms with Crippen LogP contribution in [0.15, 0.2) is 24.3 Å². The lowest BCUT2D eigenvalue weighted by Crippen LogP contribution is -2.47. The number of halogens is 1. The lowest BCUT2D eigenvalue weighted by Gasteiger charge is -2.37. The molecule has 0 aliphatic carbocycles. The average molecular weight is 334 g/mol. The Morgan fingerprint density at radius 2 is 1.96 bits per heavy atom. The second-order valence-electron chi connectivity index (χ2n) is 6.02. The van der Waals surface area contributed by atoms with Crippen molar-refractivity contribution in [3.63, 3.8) is 0 Å². The molecule has 130 valence electrons. The van der Waals surface area contributed by atoms with Crippen molar-refractivity contribution in [2.45, 2.75) is 12.6 Å². The quantitative estimate of drug-likeness (QED) is 0.779. The number of aromatic nitrogens is 4. The van der Waals surface area contributed by atoms with Crippen LogP contribution in [0.2, 0.25) is 0 Å². The first-order chi connectivity index (χ1) is 11.7. The zero-order valence-electron chi connectivity index (χ0n) is 14.1. The molecule has 0 spiro atoms. The summed E-state index contributed by atoms with van der Waals surface area (Å²) in [4.78, 5) is 4.51. The van der Waals surface area contributed by atoms with Crippen LogP contribution in [0.4, 0.5) is 4.39 Å². The van der Waals surface area contributed by atoms with Crippen LogP contribution in [0, 0.1) is 5.82 Å². The molecule has 8 heteroatoms. The van der Waals surface area contributed by atoms with Crippen molar-refractivity contribution in [2.75, 3.05) is 46.9 Å². The molecule has 2 heterocycles. The van der Waals surface area contributed by atoms with E-state index in [1.807, 2.05) is 12.1 Å². The Hall–Kier alpha value is -1.90. The van der Waals surface area contributed by atoms with E-state index >= 15 is 0 Å². The molecule has 0 unspecified atom stereocenters. The normalized spacial score (nSPS) is 18.0. The number of nitrogens with zero attached hydrogens (tertiary/aromatic N) is 6. The lowest BCUT2D eigenvalue weighted by molar-refractivity contribution is 0.118. The van der Waals surface area contributed by atoms with E-state index in [-0.39, 0.29) is 11.9 Å². The third kappa shape index (κ3) is 3.61. The summed E-state index contributed by atoms with van der Waals surface area (Å²) in [5.41, 5.74) is 0.607. The molecule has 0 amide bonds. The summed E-state index contributed by atoms with van der Waals surface area (Å²) in [7, 11) is 3.73. The predicted octanol–water partition coefficient (Wildman–Crippen LogP) is 0.795. The van der Waals surface area contributed by atoms with Crippen LogP contribution in [-0.4, -0.2) is 77.0 Å². The SMILES string of the molecule is COCCn1nnnc1[C@H](c1ccccc1F)N1CCN(C)CC1. The first-order valence-electron chi connectivity index (χ1n) is 8.12. The van der Waals surface area contributed by atoms with E-state index < -0.39 is 0 Å². The fourth-order valence-corrected chi connectivity index (χ4v) is 3.02. The number of ether oxygens (including phenoxy) is 1. The van der Waals surface area contributed by atoms with Crippen LogP contribution in [0.3, 0.4) is 0 Å². The van der Waals surface area contributed by atoms with Crippen LogP contribution in [0.25, 0.3) is 0 Å². The maximum absolute atomic E-state index is 14.5. The van der Waals surface area contributed by atoms with Gasteiger partial charge in [0, 0.05) is 38.9 Å². The monoisotopic (exact) mass is 334 g/mol. The lowest BCUT2D eigenvalue weighted by atomic mass is 10.0. The van der Waals surface area contributed by atoms with Gasteiger partial charge in [-0.1, -0.05) is 18.2 Å². The van der Waals surface area contributed by atoms with E-state index in [0.29, 0.717) is 24.5 Å². The molecule has 3 rings (SSSR count). The number of piperazine rings is 1. The predicted molar refractivity (Wildman–Crippen MR) is 87.0 cm³/mol. The van der Waals surface area contributed by atoms with Crippen LogP contribution in [0.1, 0.15) is 17.4 Å². The standard InChI is InChI=1S/C16H23FN6O/c1-21-7-9-22(10-8-21)15(13-5-3-4-6-14(13)17)16-18-19-20-23(16)11-12-24-2/h3-6,15H,7-12H2,1-2H3/t15-/m0/s1. The number of benzene rings is 1. The maximum Gasteiger partial charge on any atom is 0.173 e. The molecule has 0 bridgehead atoms. The van der Waals surface area contributed by atoms with Crippen molar-refractivity contribution >= 4 is 0 Å². The zero-order chi connectivity index (χ0) is 16.9. The van der Waals surface area contributed by atoms with Gasteiger partial charge < -0.3 is 9.64 Å². The van der Waals surface area contributed by atoms with Gasteiger partial charge in [0.2, 0.25) is 0 Å². The van der Waals surface area contributed by atoms with Gasteiger partial charge in [-0.2, -0.15) is 0 Å². The minimum atomic E-state index is -0.299. The molecule has 0 saturated carbocycles. The molecular weight excluding hydrogens is 311 g/mol. The molecule has 7 nitrogen and oxygen atoms in total. The highest BCUT2D eigenvalue weighted by Gasteiger charge is 2.31. The summed E-state index contributed by atoms with van der Waals surface area (Å²) < 4.78 is 21.3. The van der Waals surface area contributed by atoms with E-state index in [4.69, 9.17) is 4.74 Å². The van der Waals surface area contributed by atoms with Crippen LogP contribution < -0.4 is 0 Å². The third-order valence-corrected chi connectivity index (χ3v) is 4.41. The van der Waals surface area contributed by atoms with Crippen molar-refractivity contribution in [3.05, 3.63) is 41.5 Å². The summed E-state index contributed by atoms with van der Waals surface area (Å²) in [6.07, 6.45) is 0. The summed E-state index contributed by atoms with van der Waals surface area (Å²) in [6.45, 7) is 4.59. The molecule has 2 aromatic rings. The van der Waals surface area contributed by atoms with Gasteiger partial charge in [-0.3, -0.25) is 4.90 Å².